The number of nitrogens with one attached hydrogen (secondary N) is 1. The quantitative estimate of drug-likeness (QED) is 0.382. The van der Waals surface area contributed by atoms with Crippen LogP contribution in [0.3, 0.4) is 0 Å². The summed E-state index contributed by atoms with van der Waals surface area (Å²) in [5, 5.41) is 6.81. The maximum Gasteiger partial charge on any atom is 0.148 e. The highest BCUT2D eigenvalue weighted by Gasteiger charge is 2.19. The summed E-state index contributed by atoms with van der Waals surface area (Å²) in [5.74, 6) is 1.62. The summed E-state index contributed by atoms with van der Waals surface area (Å²) in [6.45, 7) is 1.71. The van der Waals surface area contributed by atoms with Crippen LogP contribution in [0.4, 0.5) is 11.5 Å². The normalized spacial score (nSPS) is 15.0. The van der Waals surface area contributed by atoms with Crippen molar-refractivity contribution >= 4 is 33.6 Å². The van der Waals surface area contributed by atoms with Crippen LogP contribution >= 0.6 is 0 Å². The van der Waals surface area contributed by atoms with Gasteiger partial charge in [-0.1, -0.05) is 30.3 Å². The van der Waals surface area contributed by atoms with Gasteiger partial charge in [-0.2, -0.15) is 0 Å². The van der Waals surface area contributed by atoms with Gasteiger partial charge in [0.15, 0.2) is 0 Å². The summed E-state index contributed by atoms with van der Waals surface area (Å²) >= 11 is 0. The minimum absolute atomic E-state index is 0.0569. The van der Waals surface area contributed by atoms with Gasteiger partial charge in [0.05, 0.1) is 30.5 Å². The molecule has 1 atom stereocenters. The minimum atomic E-state index is -3.00. The molecule has 1 aliphatic rings. The standard InChI is InChI=1S/C27H33N5O4S/c1-31(15-16-37(3,33)34)14-13-23-17-25-26(18-32(23)35-2)28-20-29-27(25)30-22-9-11-24(12-10-22)36-19-21-7-5-4-6-8-21/h4-12,17-18,20,23H,13-16,19H2,1-3H3,(H,28,29,30). The van der Waals surface area contributed by atoms with Crippen molar-refractivity contribution in [2.75, 3.05) is 44.6 Å². The topological polar surface area (TPSA) is 96.9 Å². The maximum absolute atomic E-state index is 11.5. The first-order valence-electron chi connectivity index (χ1n) is 12.1. The van der Waals surface area contributed by atoms with E-state index in [1.54, 1.807) is 12.2 Å². The Hall–Kier alpha value is -3.47. The van der Waals surface area contributed by atoms with Crippen LogP contribution < -0.4 is 20.6 Å². The Labute approximate surface area is 217 Å². The molecular weight excluding hydrogens is 490 g/mol. The van der Waals surface area contributed by atoms with E-state index in [-0.39, 0.29) is 11.8 Å². The Bertz CT molecular complexity index is 1400. The Morgan fingerprint density at radius 3 is 2.51 bits per heavy atom. The summed E-state index contributed by atoms with van der Waals surface area (Å²) in [7, 11) is 0.550. The third kappa shape index (κ3) is 7.75. The van der Waals surface area contributed by atoms with Crippen LogP contribution in [-0.4, -0.2) is 73.6 Å². The van der Waals surface area contributed by atoms with E-state index in [1.807, 2.05) is 72.7 Å². The molecule has 2 aromatic carbocycles. The molecule has 0 saturated carbocycles. The zero-order valence-corrected chi connectivity index (χ0v) is 22.2. The molecule has 37 heavy (non-hydrogen) atoms. The largest absolute Gasteiger partial charge is 0.489 e. The van der Waals surface area contributed by atoms with Crippen molar-refractivity contribution in [1.29, 1.82) is 0 Å². The molecule has 9 nitrogen and oxygen atoms in total. The predicted molar refractivity (Wildman–Crippen MR) is 145 cm³/mol. The van der Waals surface area contributed by atoms with Gasteiger partial charge in [0.25, 0.3) is 0 Å². The molecule has 0 bridgehead atoms. The van der Waals surface area contributed by atoms with Crippen molar-refractivity contribution in [3.63, 3.8) is 0 Å². The Morgan fingerprint density at radius 1 is 1.05 bits per heavy atom. The molecule has 1 N–H and O–H groups in total. The lowest BCUT2D eigenvalue weighted by atomic mass is 10.1. The molecule has 1 aliphatic heterocycles. The first-order valence-corrected chi connectivity index (χ1v) is 14.1. The number of rotatable bonds is 12. The fourth-order valence-electron chi connectivity index (χ4n) is 3.96. The van der Waals surface area contributed by atoms with Gasteiger partial charge in [-0.05, 0) is 49.4 Å². The number of ether oxygens (including phenoxy) is 1. The van der Waals surface area contributed by atoms with Crippen molar-refractivity contribution in [2.45, 2.75) is 19.1 Å². The molecule has 3 aromatic rings. The van der Waals surface area contributed by atoms with E-state index in [0.717, 1.165) is 34.0 Å². The van der Waals surface area contributed by atoms with Crippen molar-refractivity contribution in [2.24, 2.45) is 0 Å². The number of aromatic nitrogens is 2. The van der Waals surface area contributed by atoms with Crippen LogP contribution in [0.5, 0.6) is 5.75 Å². The molecule has 1 aromatic heterocycles. The summed E-state index contributed by atoms with van der Waals surface area (Å²) in [4.78, 5) is 16.5. The van der Waals surface area contributed by atoms with Crippen molar-refractivity contribution in [3.05, 3.63) is 77.1 Å². The molecule has 0 fully saturated rings. The van der Waals surface area contributed by atoms with Crippen LogP contribution in [0, 0.1) is 0 Å². The number of nitrogens with zero attached hydrogens (tertiary/aromatic N) is 4. The van der Waals surface area contributed by atoms with Gasteiger partial charge in [0.2, 0.25) is 0 Å². The zero-order valence-electron chi connectivity index (χ0n) is 21.4. The lowest BCUT2D eigenvalue weighted by Crippen LogP contribution is -2.44. The first kappa shape index (κ1) is 26.6. The second-order valence-corrected chi connectivity index (χ2v) is 11.3. The summed E-state index contributed by atoms with van der Waals surface area (Å²) in [6.07, 6.45) is 7.47. The predicted octanol–water partition coefficient (Wildman–Crippen LogP) is 1.93. The third-order valence-corrected chi connectivity index (χ3v) is 7.00. The second-order valence-electron chi connectivity index (χ2n) is 9.07. The SMILES string of the molecule is CON1C=c2ncnc(Nc3ccc(OCc4ccccc4)cc3)c2=CC1CCN(C)CCS(C)(=O)=O. The number of hydroxylamine groups is 2. The number of benzene rings is 2. The average molecular weight is 524 g/mol. The van der Waals surface area contributed by atoms with Gasteiger partial charge >= 0.3 is 0 Å². The summed E-state index contributed by atoms with van der Waals surface area (Å²) in [5.41, 5.74) is 2.00. The monoisotopic (exact) mass is 523 g/mol. The van der Waals surface area contributed by atoms with Gasteiger partial charge < -0.3 is 15.0 Å². The lowest BCUT2D eigenvalue weighted by Gasteiger charge is -2.29. The maximum atomic E-state index is 11.5. The molecule has 10 heteroatoms. The molecule has 1 unspecified atom stereocenters. The van der Waals surface area contributed by atoms with E-state index >= 15 is 0 Å². The fraction of sp³-hybridized carbons (Fsp3) is 0.333. The summed E-state index contributed by atoms with van der Waals surface area (Å²) in [6, 6.07) is 17.8. The number of hydrogen-bond acceptors (Lipinski definition) is 9. The highest BCUT2D eigenvalue weighted by molar-refractivity contribution is 7.90. The van der Waals surface area contributed by atoms with Crippen LogP contribution in [0.1, 0.15) is 12.0 Å². The van der Waals surface area contributed by atoms with Gasteiger partial charge in [-0.25, -0.2) is 18.4 Å². The molecule has 0 spiro atoms. The molecule has 0 radical (unpaired) electrons. The van der Waals surface area contributed by atoms with E-state index in [4.69, 9.17) is 9.57 Å². The van der Waals surface area contributed by atoms with Crippen molar-refractivity contribution in [3.8, 4) is 5.75 Å². The lowest BCUT2D eigenvalue weighted by molar-refractivity contribution is -0.0895. The molecule has 4 rings (SSSR count). The Morgan fingerprint density at radius 2 is 1.81 bits per heavy atom. The summed E-state index contributed by atoms with van der Waals surface area (Å²) < 4.78 is 28.8. The van der Waals surface area contributed by atoms with E-state index in [2.05, 4.69) is 21.4 Å². The van der Waals surface area contributed by atoms with Crippen LogP contribution in [0.25, 0.3) is 12.3 Å². The number of anilines is 2. The van der Waals surface area contributed by atoms with E-state index in [0.29, 0.717) is 25.5 Å². The first-order chi connectivity index (χ1) is 17.8. The van der Waals surface area contributed by atoms with Gasteiger partial charge in [0, 0.05) is 30.3 Å². The molecule has 196 valence electrons. The van der Waals surface area contributed by atoms with Gasteiger partial charge in [-0.3, -0.25) is 9.90 Å². The van der Waals surface area contributed by atoms with Crippen molar-refractivity contribution < 1.29 is 18.0 Å². The van der Waals surface area contributed by atoms with Gasteiger partial charge in [0.1, 0.15) is 34.3 Å². The Kier molecular flexibility index (Phi) is 8.75. The second kappa shape index (κ2) is 12.2. The molecule has 2 heterocycles. The molecule has 0 aliphatic carbocycles. The van der Waals surface area contributed by atoms with Crippen LogP contribution in [0.15, 0.2) is 60.9 Å². The highest BCUT2D eigenvalue weighted by Crippen LogP contribution is 2.19. The molecule has 0 amide bonds. The van der Waals surface area contributed by atoms with E-state index < -0.39 is 9.84 Å². The number of hydrogen-bond donors (Lipinski definition) is 1. The number of fused-ring (bicyclic) bond motifs is 1. The van der Waals surface area contributed by atoms with Crippen LogP contribution in [0.2, 0.25) is 0 Å². The minimum Gasteiger partial charge on any atom is -0.489 e. The number of sulfone groups is 1. The van der Waals surface area contributed by atoms with E-state index in [9.17, 15) is 8.42 Å². The third-order valence-electron chi connectivity index (χ3n) is 6.08. The molecule has 0 saturated heterocycles. The van der Waals surface area contributed by atoms with Crippen LogP contribution in [-0.2, 0) is 21.3 Å². The fourth-order valence-corrected chi connectivity index (χ4v) is 4.60. The van der Waals surface area contributed by atoms with Crippen molar-refractivity contribution in [1.82, 2.24) is 19.9 Å². The molecular formula is C27H33N5O4S. The zero-order chi connectivity index (χ0) is 26.3. The Balaban J connectivity index is 1.45. The van der Waals surface area contributed by atoms with Gasteiger partial charge in [-0.15, -0.1) is 0 Å². The average Bonchev–Trinajstić information content (AvgIpc) is 2.90. The highest BCUT2D eigenvalue weighted by atomic mass is 32.2. The van der Waals surface area contributed by atoms with E-state index in [1.165, 1.54) is 12.6 Å². The smallest absolute Gasteiger partial charge is 0.148 e.